The molecule has 2 unspecified atom stereocenters. The lowest BCUT2D eigenvalue weighted by Gasteiger charge is -2.31. The minimum Gasteiger partial charge on any atom is -0.508 e. The Morgan fingerprint density at radius 2 is 1.54 bits per heavy atom. The number of rotatable bonds is 3. The number of hydrogen-bond acceptors (Lipinski definition) is 3. The number of aryl methyl sites for hydroxylation is 2. The van der Waals surface area contributed by atoms with Crippen LogP contribution in [0.5, 0.6) is 11.5 Å². The number of aliphatic hydroxyl groups excluding tert-OH is 1. The molecule has 26 heavy (non-hydrogen) atoms. The molecular formula is C23H26O3. The third-order valence-electron chi connectivity index (χ3n) is 5.36. The van der Waals surface area contributed by atoms with Crippen LogP contribution >= 0.6 is 0 Å². The summed E-state index contributed by atoms with van der Waals surface area (Å²) < 4.78 is 0. The van der Waals surface area contributed by atoms with Crippen molar-refractivity contribution in [3.63, 3.8) is 0 Å². The Kier molecular flexibility index (Phi) is 4.82. The number of hydrogen-bond donors (Lipinski definition) is 3. The topological polar surface area (TPSA) is 60.7 Å². The molecule has 1 aliphatic carbocycles. The standard InChI is InChI=1S/C23H26O3/c1-13-9-17(10-14(2)22(13)25)21(19-7-5-6-8-20(19)24)18-11-15(3)23(26)16(4)12-18/h5-11,18,21,24-26H,12H2,1-4H3. The van der Waals surface area contributed by atoms with Gasteiger partial charge in [-0.05, 0) is 73.9 Å². The van der Waals surface area contributed by atoms with E-state index in [0.29, 0.717) is 11.5 Å². The van der Waals surface area contributed by atoms with Gasteiger partial charge >= 0.3 is 0 Å². The SMILES string of the molecule is CC1=CC(C(c2cc(C)c(O)c(C)c2)c2ccccc2O)CC(C)=C1O. The molecule has 136 valence electrons. The van der Waals surface area contributed by atoms with Gasteiger partial charge < -0.3 is 15.3 Å². The average Bonchev–Trinajstić information content (AvgIpc) is 2.59. The molecule has 0 saturated heterocycles. The number of aliphatic hydroxyl groups is 1. The van der Waals surface area contributed by atoms with E-state index in [0.717, 1.165) is 39.8 Å². The Hall–Kier alpha value is -2.68. The van der Waals surface area contributed by atoms with Gasteiger partial charge in [-0.25, -0.2) is 0 Å². The number of para-hydroxylation sites is 1. The van der Waals surface area contributed by atoms with E-state index in [1.165, 1.54) is 0 Å². The van der Waals surface area contributed by atoms with Crippen LogP contribution in [0.3, 0.4) is 0 Å². The highest BCUT2D eigenvalue weighted by molar-refractivity contribution is 5.50. The van der Waals surface area contributed by atoms with E-state index in [4.69, 9.17) is 0 Å². The lowest BCUT2D eigenvalue weighted by Crippen LogP contribution is -2.18. The summed E-state index contributed by atoms with van der Waals surface area (Å²) in [5.41, 5.74) is 5.40. The molecule has 0 aliphatic heterocycles. The number of benzene rings is 2. The van der Waals surface area contributed by atoms with E-state index in [2.05, 4.69) is 6.08 Å². The Bertz CT molecular complexity index is 882. The molecular weight excluding hydrogens is 324 g/mol. The fourth-order valence-electron chi connectivity index (χ4n) is 4.04. The van der Waals surface area contributed by atoms with Gasteiger partial charge in [-0.1, -0.05) is 36.4 Å². The molecule has 0 heterocycles. The van der Waals surface area contributed by atoms with Crippen LogP contribution in [0.2, 0.25) is 0 Å². The molecule has 0 radical (unpaired) electrons. The zero-order valence-electron chi connectivity index (χ0n) is 15.7. The highest BCUT2D eigenvalue weighted by Crippen LogP contribution is 2.44. The molecule has 3 N–H and O–H groups in total. The normalized spacial score (nSPS) is 18.6. The minimum absolute atomic E-state index is 0.0628. The largest absolute Gasteiger partial charge is 0.508 e. The van der Waals surface area contributed by atoms with E-state index in [1.54, 1.807) is 6.07 Å². The van der Waals surface area contributed by atoms with Crippen LogP contribution in [0.4, 0.5) is 0 Å². The Morgan fingerprint density at radius 3 is 2.12 bits per heavy atom. The van der Waals surface area contributed by atoms with Crippen molar-refractivity contribution in [2.75, 3.05) is 0 Å². The van der Waals surface area contributed by atoms with Crippen molar-refractivity contribution in [1.29, 1.82) is 0 Å². The third kappa shape index (κ3) is 3.22. The number of phenols is 2. The Labute approximate surface area is 155 Å². The van der Waals surface area contributed by atoms with Gasteiger partial charge in [0.25, 0.3) is 0 Å². The van der Waals surface area contributed by atoms with E-state index in [1.807, 2.05) is 58.0 Å². The first kappa shape index (κ1) is 18.1. The summed E-state index contributed by atoms with van der Waals surface area (Å²) in [6, 6.07) is 11.4. The lowest BCUT2D eigenvalue weighted by molar-refractivity contribution is 0.394. The van der Waals surface area contributed by atoms with E-state index >= 15 is 0 Å². The van der Waals surface area contributed by atoms with Crippen molar-refractivity contribution in [3.8, 4) is 11.5 Å². The predicted molar refractivity (Wildman–Crippen MR) is 105 cm³/mol. The summed E-state index contributed by atoms with van der Waals surface area (Å²) in [5.74, 6) is 1.00. The molecule has 1 aliphatic rings. The first-order valence-electron chi connectivity index (χ1n) is 8.95. The molecule has 3 nitrogen and oxygen atoms in total. The van der Waals surface area contributed by atoms with E-state index < -0.39 is 0 Å². The third-order valence-corrected chi connectivity index (χ3v) is 5.36. The summed E-state index contributed by atoms with van der Waals surface area (Å²) >= 11 is 0. The van der Waals surface area contributed by atoms with Crippen molar-refractivity contribution in [2.45, 2.75) is 40.0 Å². The molecule has 2 aromatic rings. The summed E-state index contributed by atoms with van der Waals surface area (Å²) in [6.45, 7) is 7.66. The second-order valence-corrected chi connectivity index (χ2v) is 7.39. The molecule has 2 aromatic carbocycles. The van der Waals surface area contributed by atoms with Gasteiger partial charge in [-0.2, -0.15) is 0 Å². The summed E-state index contributed by atoms with van der Waals surface area (Å²) in [4.78, 5) is 0. The van der Waals surface area contributed by atoms with Crippen molar-refractivity contribution in [2.24, 2.45) is 5.92 Å². The van der Waals surface area contributed by atoms with E-state index in [-0.39, 0.29) is 17.6 Å². The molecule has 0 fully saturated rings. The quantitative estimate of drug-likeness (QED) is 0.671. The van der Waals surface area contributed by atoms with Crippen LogP contribution in [-0.4, -0.2) is 15.3 Å². The fourth-order valence-corrected chi connectivity index (χ4v) is 4.04. The Balaban J connectivity index is 2.18. The van der Waals surface area contributed by atoms with Gasteiger partial charge in [0.15, 0.2) is 0 Å². The highest BCUT2D eigenvalue weighted by Gasteiger charge is 2.30. The number of aromatic hydroxyl groups is 2. The molecule has 0 aromatic heterocycles. The van der Waals surface area contributed by atoms with Crippen molar-refractivity contribution >= 4 is 0 Å². The number of allylic oxidation sites excluding steroid dienone is 3. The molecule has 0 amide bonds. The molecule has 0 spiro atoms. The zero-order valence-corrected chi connectivity index (χ0v) is 15.7. The summed E-state index contributed by atoms with van der Waals surface area (Å²) in [7, 11) is 0. The first-order valence-corrected chi connectivity index (χ1v) is 8.95. The van der Waals surface area contributed by atoms with Crippen LogP contribution in [0.1, 0.15) is 48.4 Å². The Morgan fingerprint density at radius 1 is 0.923 bits per heavy atom. The second-order valence-electron chi connectivity index (χ2n) is 7.39. The highest BCUT2D eigenvalue weighted by atomic mass is 16.3. The smallest absolute Gasteiger partial charge is 0.121 e. The van der Waals surface area contributed by atoms with Gasteiger partial charge in [0.1, 0.15) is 17.3 Å². The van der Waals surface area contributed by atoms with Crippen LogP contribution < -0.4 is 0 Å². The van der Waals surface area contributed by atoms with Crippen LogP contribution in [0.25, 0.3) is 0 Å². The van der Waals surface area contributed by atoms with Crippen molar-refractivity contribution in [3.05, 3.63) is 81.6 Å². The van der Waals surface area contributed by atoms with Crippen molar-refractivity contribution in [1.82, 2.24) is 0 Å². The summed E-state index contributed by atoms with van der Waals surface area (Å²) in [6.07, 6.45) is 2.82. The van der Waals surface area contributed by atoms with Crippen LogP contribution in [0.15, 0.2) is 59.4 Å². The summed E-state index contributed by atoms with van der Waals surface area (Å²) in [5, 5.41) is 30.9. The van der Waals surface area contributed by atoms with Crippen LogP contribution in [-0.2, 0) is 0 Å². The maximum absolute atomic E-state index is 10.5. The van der Waals surface area contributed by atoms with Gasteiger partial charge in [-0.15, -0.1) is 0 Å². The van der Waals surface area contributed by atoms with Gasteiger partial charge in [0.05, 0.1) is 0 Å². The number of phenolic OH excluding ortho intramolecular Hbond substituents is 2. The zero-order chi connectivity index (χ0) is 19.0. The molecule has 2 atom stereocenters. The molecule has 3 heteroatoms. The minimum atomic E-state index is -0.0628. The molecule has 0 saturated carbocycles. The van der Waals surface area contributed by atoms with Gasteiger partial charge in [-0.3, -0.25) is 0 Å². The first-order chi connectivity index (χ1) is 12.3. The predicted octanol–water partition coefficient (Wildman–Crippen LogP) is 5.64. The van der Waals surface area contributed by atoms with Crippen LogP contribution in [0, 0.1) is 19.8 Å². The fraction of sp³-hybridized carbons (Fsp3) is 0.304. The maximum atomic E-state index is 10.5. The maximum Gasteiger partial charge on any atom is 0.121 e. The monoisotopic (exact) mass is 350 g/mol. The van der Waals surface area contributed by atoms with Crippen molar-refractivity contribution < 1.29 is 15.3 Å². The molecule has 0 bridgehead atoms. The van der Waals surface area contributed by atoms with Gasteiger partial charge in [0.2, 0.25) is 0 Å². The molecule has 3 rings (SSSR count). The van der Waals surface area contributed by atoms with E-state index in [9.17, 15) is 15.3 Å². The lowest BCUT2D eigenvalue weighted by atomic mass is 9.74. The van der Waals surface area contributed by atoms with Gasteiger partial charge in [0, 0.05) is 11.5 Å². The average molecular weight is 350 g/mol. The second kappa shape index (κ2) is 6.91.